The molecule has 0 radical (unpaired) electrons. The van der Waals surface area contributed by atoms with Crippen molar-refractivity contribution in [3.63, 3.8) is 0 Å². The molecule has 4 heteroatoms. The fourth-order valence-corrected chi connectivity index (χ4v) is 2.08. The van der Waals surface area contributed by atoms with E-state index in [0.29, 0.717) is 6.04 Å². The maximum atomic E-state index is 11.8. The summed E-state index contributed by atoms with van der Waals surface area (Å²) in [4.78, 5) is 11.8. The van der Waals surface area contributed by atoms with Gasteiger partial charge in [0.15, 0.2) is 0 Å². The van der Waals surface area contributed by atoms with Crippen molar-refractivity contribution in [1.29, 1.82) is 0 Å². The van der Waals surface area contributed by atoms with Gasteiger partial charge in [-0.3, -0.25) is 10.1 Å². The van der Waals surface area contributed by atoms with Crippen LogP contribution in [0.25, 0.3) is 0 Å². The third-order valence-electron chi connectivity index (χ3n) is 3.17. The van der Waals surface area contributed by atoms with Crippen LogP contribution in [0.4, 0.5) is 0 Å². The summed E-state index contributed by atoms with van der Waals surface area (Å²) in [6.45, 7) is 3.92. The van der Waals surface area contributed by atoms with Gasteiger partial charge in [-0.25, -0.2) is 0 Å². The van der Waals surface area contributed by atoms with Crippen molar-refractivity contribution < 1.29 is 4.79 Å². The monoisotopic (exact) mass is 266 g/mol. The first-order valence-electron chi connectivity index (χ1n) is 6.38. The smallest absolute Gasteiger partial charge is 0.237 e. The van der Waals surface area contributed by atoms with Crippen LogP contribution in [0.2, 0.25) is 5.02 Å². The molecule has 2 atom stereocenters. The van der Waals surface area contributed by atoms with E-state index >= 15 is 0 Å². The highest BCUT2D eigenvalue weighted by Gasteiger charge is 2.26. The van der Waals surface area contributed by atoms with Gasteiger partial charge in [-0.05, 0) is 44.4 Å². The van der Waals surface area contributed by atoms with Crippen molar-refractivity contribution in [2.75, 3.05) is 0 Å². The highest BCUT2D eigenvalue weighted by atomic mass is 35.5. The average molecular weight is 267 g/mol. The topological polar surface area (TPSA) is 41.1 Å². The van der Waals surface area contributed by atoms with E-state index in [2.05, 4.69) is 10.6 Å². The molecule has 0 unspecified atom stereocenters. The summed E-state index contributed by atoms with van der Waals surface area (Å²) in [6, 6.07) is 8.01. The molecule has 0 heterocycles. The van der Waals surface area contributed by atoms with Crippen molar-refractivity contribution in [2.24, 2.45) is 0 Å². The predicted molar refractivity (Wildman–Crippen MR) is 73.6 cm³/mol. The first-order valence-corrected chi connectivity index (χ1v) is 6.76. The Kier molecular flexibility index (Phi) is 4.25. The number of carbonyl (C=O) groups excluding carboxylic acids is 1. The van der Waals surface area contributed by atoms with Crippen LogP contribution in [0, 0.1) is 0 Å². The summed E-state index contributed by atoms with van der Waals surface area (Å²) >= 11 is 5.96. The third kappa shape index (κ3) is 3.72. The summed E-state index contributed by atoms with van der Waals surface area (Å²) in [5, 5.41) is 7.00. The maximum absolute atomic E-state index is 11.8. The molecule has 3 nitrogen and oxygen atoms in total. The Morgan fingerprint density at radius 1 is 1.39 bits per heavy atom. The van der Waals surface area contributed by atoms with Crippen LogP contribution in [-0.2, 0) is 4.79 Å². The van der Waals surface area contributed by atoms with Crippen molar-refractivity contribution in [3.8, 4) is 0 Å². The molecule has 0 spiro atoms. The minimum atomic E-state index is -0.195. The van der Waals surface area contributed by atoms with Crippen molar-refractivity contribution in [3.05, 3.63) is 34.9 Å². The van der Waals surface area contributed by atoms with Gasteiger partial charge in [0.2, 0.25) is 5.91 Å². The minimum absolute atomic E-state index is 0.0754. The van der Waals surface area contributed by atoms with Gasteiger partial charge in [-0.2, -0.15) is 0 Å². The van der Waals surface area contributed by atoms with Gasteiger partial charge in [0.25, 0.3) is 0 Å². The number of nitrogens with one attached hydrogen (secondary N) is 2. The number of rotatable bonds is 5. The molecule has 0 saturated heterocycles. The molecule has 1 amide bonds. The van der Waals surface area contributed by atoms with Gasteiger partial charge < -0.3 is 5.32 Å². The Balaban J connectivity index is 1.89. The van der Waals surface area contributed by atoms with Gasteiger partial charge in [0, 0.05) is 17.1 Å². The summed E-state index contributed by atoms with van der Waals surface area (Å²) in [5.74, 6) is 0.0754. The van der Waals surface area contributed by atoms with Crippen LogP contribution >= 0.6 is 11.6 Å². The largest absolute Gasteiger partial charge is 0.352 e. The lowest BCUT2D eigenvalue weighted by molar-refractivity contribution is -0.123. The van der Waals surface area contributed by atoms with E-state index in [1.54, 1.807) is 0 Å². The Labute approximate surface area is 113 Å². The quantitative estimate of drug-likeness (QED) is 0.860. The lowest BCUT2D eigenvalue weighted by Crippen LogP contribution is -2.43. The molecule has 2 N–H and O–H groups in total. The Bertz CT molecular complexity index is 432. The highest BCUT2D eigenvalue weighted by molar-refractivity contribution is 6.30. The number of carbonyl (C=O) groups is 1. The number of benzene rings is 1. The molecule has 1 aliphatic rings. The van der Waals surface area contributed by atoms with Gasteiger partial charge >= 0.3 is 0 Å². The van der Waals surface area contributed by atoms with E-state index in [-0.39, 0.29) is 18.0 Å². The van der Waals surface area contributed by atoms with E-state index < -0.39 is 0 Å². The molecular weight excluding hydrogens is 248 g/mol. The second-order valence-corrected chi connectivity index (χ2v) is 5.38. The lowest BCUT2D eigenvalue weighted by Gasteiger charge is -2.20. The van der Waals surface area contributed by atoms with E-state index in [4.69, 9.17) is 11.6 Å². The van der Waals surface area contributed by atoms with Crippen LogP contribution in [0.15, 0.2) is 24.3 Å². The second kappa shape index (κ2) is 5.72. The van der Waals surface area contributed by atoms with Gasteiger partial charge in [0.05, 0.1) is 6.04 Å². The van der Waals surface area contributed by atoms with Crippen LogP contribution in [0.1, 0.15) is 38.3 Å². The normalized spacial score (nSPS) is 18.2. The predicted octanol–water partition coefficient (Wildman–Crippen LogP) is 2.66. The number of hydrogen-bond acceptors (Lipinski definition) is 2. The fraction of sp³-hybridized carbons (Fsp3) is 0.500. The van der Waals surface area contributed by atoms with Gasteiger partial charge in [-0.15, -0.1) is 0 Å². The molecule has 0 bridgehead atoms. The summed E-state index contributed by atoms with van der Waals surface area (Å²) < 4.78 is 0. The highest BCUT2D eigenvalue weighted by Crippen LogP contribution is 2.20. The van der Waals surface area contributed by atoms with Gasteiger partial charge in [0.1, 0.15) is 0 Å². The molecule has 98 valence electrons. The molecule has 2 rings (SSSR count). The number of halogens is 1. The first-order chi connectivity index (χ1) is 8.56. The SMILES string of the molecule is C[C@@H](N[C@H](C)c1cccc(Cl)c1)C(=O)NC1CC1. The van der Waals surface area contributed by atoms with E-state index in [9.17, 15) is 4.79 Å². The van der Waals surface area contributed by atoms with Gasteiger partial charge in [-0.1, -0.05) is 23.7 Å². The van der Waals surface area contributed by atoms with E-state index in [1.165, 1.54) is 0 Å². The third-order valence-corrected chi connectivity index (χ3v) is 3.40. The van der Waals surface area contributed by atoms with Crippen molar-refractivity contribution >= 4 is 17.5 Å². The Hall–Kier alpha value is -1.06. The number of amides is 1. The first kappa shape index (κ1) is 13.4. The summed E-state index contributed by atoms with van der Waals surface area (Å²) in [7, 11) is 0. The number of hydrogen-bond donors (Lipinski definition) is 2. The second-order valence-electron chi connectivity index (χ2n) is 4.95. The molecule has 1 aromatic carbocycles. The van der Waals surface area contributed by atoms with Crippen LogP contribution in [0.5, 0.6) is 0 Å². The fourth-order valence-electron chi connectivity index (χ4n) is 1.88. The Morgan fingerprint density at radius 2 is 2.11 bits per heavy atom. The van der Waals surface area contributed by atoms with Crippen molar-refractivity contribution in [2.45, 2.75) is 44.8 Å². The zero-order valence-electron chi connectivity index (χ0n) is 10.7. The zero-order chi connectivity index (χ0) is 13.1. The van der Waals surface area contributed by atoms with Crippen LogP contribution < -0.4 is 10.6 Å². The average Bonchev–Trinajstić information content (AvgIpc) is 3.12. The molecule has 18 heavy (non-hydrogen) atoms. The molecule has 1 saturated carbocycles. The van der Waals surface area contributed by atoms with Crippen LogP contribution in [-0.4, -0.2) is 18.0 Å². The zero-order valence-corrected chi connectivity index (χ0v) is 11.5. The molecule has 0 aliphatic heterocycles. The van der Waals surface area contributed by atoms with Crippen LogP contribution in [0.3, 0.4) is 0 Å². The van der Waals surface area contributed by atoms with E-state index in [1.807, 2.05) is 38.1 Å². The van der Waals surface area contributed by atoms with E-state index in [0.717, 1.165) is 23.4 Å². The standard InChI is InChI=1S/C14H19ClN2O/c1-9(11-4-3-5-12(15)8-11)16-10(2)14(18)17-13-6-7-13/h3-5,8-10,13,16H,6-7H2,1-2H3,(H,17,18)/t9-,10-/m1/s1. The molecular formula is C14H19ClN2O. The molecule has 1 aromatic rings. The lowest BCUT2D eigenvalue weighted by atomic mass is 10.1. The molecule has 0 aromatic heterocycles. The molecule has 1 aliphatic carbocycles. The summed E-state index contributed by atoms with van der Waals surface area (Å²) in [6.07, 6.45) is 2.23. The summed E-state index contributed by atoms with van der Waals surface area (Å²) in [5.41, 5.74) is 1.09. The Morgan fingerprint density at radius 3 is 2.72 bits per heavy atom. The van der Waals surface area contributed by atoms with Crippen molar-refractivity contribution in [1.82, 2.24) is 10.6 Å². The minimum Gasteiger partial charge on any atom is -0.352 e. The maximum Gasteiger partial charge on any atom is 0.237 e. The molecule has 1 fully saturated rings.